The topological polar surface area (TPSA) is 35.5 Å². The zero-order valence-corrected chi connectivity index (χ0v) is 18.7. The van der Waals surface area contributed by atoms with E-state index in [1.165, 1.54) is 17.4 Å². The highest BCUT2D eigenvalue weighted by Crippen LogP contribution is 2.30. The number of hydrogen-bond acceptors (Lipinski definition) is 4. The summed E-state index contributed by atoms with van der Waals surface area (Å²) in [7, 11) is 1.60. The zero-order chi connectivity index (χ0) is 20.1. The van der Waals surface area contributed by atoms with Crippen LogP contribution in [0.1, 0.15) is 20.8 Å². The molecule has 0 bridgehead atoms. The van der Waals surface area contributed by atoms with Crippen molar-refractivity contribution in [3.05, 3.63) is 84.4 Å². The molecule has 1 heterocycles. The molecule has 7 heteroatoms. The molecule has 0 spiro atoms. The summed E-state index contributed by atoms with van der Waals surface area (Å²) < 4.78 is 12.7. The number of carbonyl (C=O) groups excluding carboxylic acids is 1. The molecule has 0 unspecified atom stereocenters. The van der Waals surface area contributed by atoms with E-state index in [4.69, 9.17) is 32.7 Å². The number of hydrogen-bond donors (Lipinski definition) is 0. The Morgan fingerprint density at radius 3 is 2.57 bits per heavy atom. The van der Waals surface area contributed by atoms with E-state index >= 15 is 0 Å². The van der Waals surface area contributed by atoms with E-state index in [0.717, 1.165) is 15.6 Å². The van der Waals surface area contributed by atoms with Gasteiger partial charge >= 0.3 is 0 Å². The van der Waals surface area contributed by atoms with Crippen molar-refractivity contribution >= 4 is 62.3 Å². The molecule has 144 valence electrons. The van der Waals surface area contributed by atoms with E-state index in [1.807, 2.05) is 24.3 Å². The predicted molar refractivity (Wildman–Crippen MR) is 119 cm³/mol. The molecule has 0 aliphatic heterocycles. The van der Waals surface area contributed by atoms with Crippen molar-refractivity contribution in [2.24, 2.45) is 0 Å². The van der Waals surface area contributed by atoms with Gasteiger partial charge in [-0.3, -0.25) is 4.79 Å². The third kappa shape index (κ3) is 5.39. The maximum atomic E-state index is 12.2. The van der Waals surface area contributed by atoms with Gasteiger partial charge in [-0.05, 0) is 54.1 Å². The van der Waals surface area contributed by atoms with Crippen LogP contribution in [0.4, 0.5) is 0 Å². The average Bonchev–Trinajstić information content (AvgIpc) is 3.12. The van der Waals surface area contributed by atoms with E-state index in [0.29, 0.717) is 25.7 Å². The van der Waals surface area contributed by atoms with Crippen LogP contribution in [0, 0.1) is 0 Å². The minimum atomic E-state index is -0.0906. The lowest BCUT2D eigenvalue weighted by molar-refractivity contribution is 0.105. The quantitative estimate of drug-likeness (QED) is 0.253. The second kappa shape index (κ2) is 9.61. The Hall–Kier alpha value is -1.79. The highest BCUT2D eigenvalue weighted by molar-refractivity contribution is 9.10. The Balaban J connectivity index is 1.75. The van der Waals surface area contributed by atoms with Crippen LogP contribution in [0.3, 0.4) is 0 Å². The van der Waals surface area contributed by atoms with E-state index in [-0.39, 0.29) is 12.4 Å². The normalized spacial score (nSPS) is 11.0. The Morgan fingerprint density at radius 2 is 1.89 bits per heavy atom. The van der Waals surface area contributed by atoms with Crippen LogP contribution in [0.25, 0.3) is 6.08 Å². The van der Waals surface area contributed by atoms with Crippen LogP contribution in [0.15, 0.2) is 59.1 Å². The zero-order valence-electron chi connectivity index (χ0n) is 14.7. The van der Waals surface area contributed by atoms with Crippen molar-refractivity contribution < 1.29 is 14.3 Å². The number of ether oxygens (including phenoxy) is 2. The minimum absolute atomic E-state index is 0.0906. The van der Waals surface area contributed by atoms with Gasteiger partial charge in [0.2, 0.25) is 0 Å². The molecule has 28 heavy (non-hydrogen) atoms. The van der Waals surface area contributed by atoms with Gasteiger partial charge in [0, 0.05) is 10.0 Å². The monoisotopic (exact) mass is 496 g/mol. The lowest BCUT2D eigenvalue weighted by atomic mass is 10.1. The maximum absolute atomic E-state index is 12.2. The van der Waals surface area contributed by atoms with Gasteiger partial charge in [0.05, 0.1) is 21.3 Å². The van der Waals surface area contributed by atoms with Gasteiger partial charge in [-0.2, -0.15) is 0 Å². The van der Waals surface area contributed by atoms with Crippen LogP contribution >= 0.6 is 50.5 Å². The number of methoxy groups -OCH3 is 1. The Bertz CT molecular complexity index is 1030. The molecule has 2 aromatic carbocycles. The third-order valence-corrected chi connectivity index (χ3v) is 5.86. The lowest BCUT2D eigenvalue weighted by Gasteiger charge is -2.12. The van der Waals surface area contributed by atoms with Gasteiger partial charge in [-0.15, -0.1) is 11.3 Å². The summed E-state index contributed by atoms with van der Waals surface area (Å²) in [5, 5.41) is 0.518. The second-order valence-corrected chi connectivity index (χ2v) is 8.77. The maximum Gasteiger partial charge on any atom is 0.195 e. The SMILES string of the molecule is COc1ccc(/C=C/C(=O)c2ccc(Cl)s2)cc1COc1ccc(Br)cc1Cl. The molecular formula is C21H15BrCl2O3S. The van der Waals surface area contributed by atoms with Crippen molar-refractivity contribution in [1.82, 2.24) is 0 Å². The number of benzene rings is 2. The van der Waals surface area contributed by atoms with Crippen LogP contribution in [0.5, 0.6) is 11.5 Å². The predicted octanol–water partition coefficient (Wildman–Crippen LogP) is 7.30. The second-order valence-electron chi connectivity index (χ2n) is 5.74. The highest BCUT2D eigenvalue weighted by Gasteiger charge is 2.09. The molecule has 0 saturated heterocycles. The molecule has 0 aliphatic carbocycles. The Morgan fingerprint density at radius 1 is 1.11 bits per heavy atom. The first-order chi connectivity index (χ1) is 13.5. The van der Waals surface area contributed by atoms with Gasteiger partial charge in [-0.1, -0.05) is 51.3 Å². The molecule has 0 aliphatic rings. The van der Waals surface area contributed by atoms with Gasteiger partial charge in [0.25, 0.3) is 0 Å². The number of thiophene rings is 1. The standard InChI is InChI=1S/C21H15BrCl2O3S/c1-26-18-6-3-13(2-5-17(25)20-8-9-21(24)28-20)10-14(18)12-27-19-7-4-15(22)11-16(19)23/h2-11H,12H2,1H3/b5-2+. The fourth-order valence-electron chi connectivity index (χ4n) is 2.46. The summed E-state index contributed by atoms with van der Waals surface area (Å²) in [6, 6.07) is 14.5. The number of allylic oxidation sites excluding steroid dienone is 1. The number of rotatable bonds is 7. The molecule has 0 fully saturated rings. The van der Waals surface area contributed by atoms with Gasteiger partial charge in [-0.25, -0.2) is 0 Å². The van der Waals surface area contributed by atoms with Crippen molar-refractivity contribution in [2.75, 3.05) is 7.11 Å². The van der Waals surface area contributed by atoms with Crippen molar-refractivity contribution in [3.8, 4) is 11.5 Å². The molecule has 1 aromatic heterocycles. The number of halogens is 3. The summed E-state index contributed by atoms with van der Waals surface area (Å²) in [4.78, 5) is 12.8. The Kier molecular flexibility index (Phi) is 7.18. The smallest absolute Gasteiger partial charge is 0.195 e. The van der Waals surface area contributed by atoms with Crippen LogP contribution < -0.4 is 9.47 Å². The molecule has 0 atom stereocenters. The third-order valence-electron chi connectivity index (χ3n) is 3.82. The molecule has 3 aromatic rings. The summed E-state index contributed by atoms with van der Waals surface area (Å²) in [6.45, 7) is 0.278. The molecule has 3 rings (SSSR count). The van der Waals surface area contributed by atoms with E-state index in [2.05, 4.69) is 15.9 Å². The van der Waals surface area contributed by atoms with Crippen molar-refractivity contribution in [1.29, 1.82) is 0 Å². The fraction of sp³-hybridized carbons (Fsp3) is 0.0952. The first-order valence-corrected chi connectivity index (χ1v) is 10.6. The molecule has 0 amide bonds. The average molecular weight is 498 g/mol. The summed E-state index contributed by atoms with van der Waals surface area (Å²) in [6.07, 6.45) is 3.28. The first-order valence-electron chi connectivity index (χ1n) is 8.19. The van der Waals surface area contributed by atoms with Crippen LogP contribution in [-0.2, 0) is 6.61 Å². The number of carbonyl (C=O) groups is 1. The largest absolute Gasteiger partial charge is 0.496 e. The van der Waals surface area contributed by atoms with Crippen LogP contribution in [0.2, 0.25) is 9.36 Å². The van der Waals surface area contributed by atoms with Crippen LogP contribution in [-0.4, -0.2) is 12.9 Å². The molecule has 0 radical (unpaired) electrons. The summed E-state index contributed by atoms with van der Waals surface area (Å²) in [5.74, 6) is 1.19. The van der Waals surface area contributed by atoms with Crippen molar-refractivity contribution in [3.63, 3.8) is 0 Å². The number of ketones is 1. The molecular weight excluding hydrogens is 483 g/mol. The Labute approximate surface area is 185 Å². The van der Waals surface area contributed by atoms with Gasteiger partial charge < -0.3 is 9.47 Å². The first kappa shape index (κ1) is 20.9. The van der Waals surface area contributed by atoms with Gasteiger partial charge in [0.1, 0.15) is 18.1 Å². The lowest BCUT2D eigenvalue weighted by Crippen LogP contribution is -2.00. The van der Waals surface area contributed by atoms with E-state index in [1.54, 1.807) is 37.5 Å². The minimum Gasteiger partial charge on any atom is -0.496 e. The summed E-state index contributed by atoms with van der Waals surface area (Å²) in [5.41, 5.74) is 1.70. The van der Waals surface area contributed by atoms with E-state index < -0.39 is 0 Å². The fourth-order valence-corrected chi connectivity index (χ4v) is 4.15. The molecule has 0 N–H and O–H groups in total. The van der Waals surface area contributed by atoms with E-state index in [9.17, 15) is 4.79 Å². The molecule has 3 nitrogen and oxygen atoms in total. The summed E-state index contributed by atoms with van der Waals surface area (Å²) >= 11 is 16.7. The van der Waals surface area contributed by atoms with Gasteiger partial charge in [0.15, 0.2) is 5.78 Å². The van der Waals surface area contributed by atoms with Crippen molar-refractivity contribution in [2.45, 2.75) is 6.61 Å². The highest BCUT2D eigenvalue weighted by atomic mass is 79.9. The molecule has 0 saturated carbocycles.